The number of hydrogen-bond donors (Lipinski definition) is 4. The number of nitrogens with two attached hydrogens (primary N) is 3. The number of rotatable bonds is 6. The third kappa shape index (κ3) is 4.60. The van der Waals surface area contributed by atoms with Gasteiger partial charge in [0.1, 0.15) is 19.6 Å². The lowest BCUT2D eigenvalue weighted by atomic mass is 10.4. The monoisotopic (exact) mass is 179 g/mol. The van der Waals surface area contributed by atoms with Crippen molar-refractivity contribution in [2.45, 2.75) is 0 Å². The van der Waals surface area contributed by atoms with Gasteiger partial charge < -0.3 is 17.2 Å². The van der Waals surface area contributed by atoms with Crippen LogP contribution < -0.4 is 17.2 Å². The minimum Gasteiger partial charge on any atom is -0.326 e. The summed E-state index contributed by atoms with van der Waals surface area (Å²) in [6.45, 7) is 4.38. The summed E-state index contributed by atoms with van der Waals surface area (Å²) < 4.78 is 0.601. The molecule has 0 spiro atoms. The number of hydrogen-bond acceptors (Lipinski definition) is 4. The van der Waals surface area contributed by atoms with Gasteiger partial charge in [-0.05, 0) is 0 Å². The first-order valence-corrected chi connectivity index (χ1v) is 4.27. The molecule has 4 nitrogen and oxygen atoms in total. The van der Waals surface area contributed by atoms with E-state index in [1.165, 1.54) is 0 Å². The van der Waals surface area contributed by atoms with Crippen molar-refractivity contribution in [1.82, 2.24) is 0 Å². The maximum Gasteiger partial charge on any atom is 0.102 e. The van der Waals surface area contributed by atoms with Crippen LogP contribution in [0.1, 0.15) is 0 Å². The summed E-state index contributed by atoms with van der Waals surface area (Å²) in [5.74, 6) is 0. The van der Waals surface area contributed by atoms with Crippen LogP contribution in [0.25, 0.3) is 0 Å². The first-order chi connectivity index (χ1) is 5.18. The summed E-state index contributed by atoms with van der Waals surface area (Å²) >= 11 is 4.46. The highest BCUT2D eigenvalue weighted by molar-refractivity contribution is 7.74. The molecule has 0 radical (unpaired) electrons. The van der Waals surface area contributed by atoms with Gasteiger partial charge in [0, 0.05) is 19.6 Å². The van der Waals surface area contributed by atoms with Crippen LogP contribution >= 0.6 is 12.8 Å². The molecule has 0 aliphatic rings. The Hall–Kier alpha value is 0.190. The summed E-state index contributed by atoms with van der Waals surface area (Å²) in [6.07, 6.45) is 0. The quantitative estimate of drug-likeness (QED) is 0.297. The smallest absolute Gasteiger partial charge is 0.102 e. The maximum absolute atomic E-state index is 5.43. The van der Waals surface area contributed by atoms with Gasteiger partial charge in [-0.3, -0.25) is 3.89 Å². The van der Waals surface area contributed by atoms with E-state index < -0.39 is 0 Å². The van der Waals surface area contributed by atoms with Crippen molar-refractivity contribution >= 4 is 12.8 Å². The Kier molecular flexibility index (Phi) is 5.89. The minimum atomic E-state index is 0.601. The average molecular weight is 179 g/mol. The molecule has 0 aliphatic heterocycles. The lowest BCUT2D eigenvalue weighted by Crippen LogP contribution is -2.48. The SMILES string of the molecule is NCC[N+](S)(CCN)CCN. The Labute approximate surface area is 73.8 Å². The van der Waals surface area contributed by atoms with Crippen LogP contribution in [0.4, 0.5) is 0 Å². The molecule has 11 heavy (non-hydrogen) atoms. The van der Waals surface area contributed by atoms with Crippen molar-refractivity contribution in [3.8, 4) is 0 Å². The number of quaternary nitrogens is 1. The van der Waals surface area contributed by atoms with Crippen LogP contribution in [0.3, 0.4) is 0 Å². The second-order valence-corrected chi connectivity index (χ2v) is 3.48. The van der Waals surface area contributed by atoms with Crippen molar-refractivity contribution in [3.63, 3.8) is 0 Å². The van der Waals surface area contributed by atoms with E-state index in [0.29, 0.717) is 23.5 Å². The van der Waals surface area contributed by atoms with E-state index in [1.807, 2.05) is 0 Å². The average Bonchev–Trinajstić information content (AvgIpc) is 1.88. The lowest BCUT2D eigenvalue weighted by molar-refractivity contribution is -0.787. The molecule has 0 atom stereocenters. The van der Waals surface area contributed by atoms with E-state index in [-0.39, 0.29) is 0 Å². The zero-order valence-electron chi connectivity index (χ0n) is 6.87. The fourth-order valence-electron chi connectivity index (χ4n) is 1.06. The van der Waals surface area contributed by atoms with Crippen molar-refractivity contribution in [2.75, 3.05) is 39.3 Å². The summed E-state index contributed by atoms with van der Waals surface area (Å²) in [6, 6.07) is 0. The summed E-state index contributed by atoms with van der Waals surface area (Å²) in [7, 11) is 0. The van der Waals surface area contributed by atoms with Gasteiger partial charge in [0.2, 0.25) is 0 Å². The van der Waals surface area contributed by atoms with Crippen LogP contribution in [-0.4, -0.2) is 43.2 Å². The molecule has 0 unspecified atom stereocenters. The third-order valence-corrected chi connectivity index (χ3v) is 2.24. The largest absolute Gasteiger partial charge is 0.326 e. The van der Waals surface area contributed by atoms with E-state index in [4.69, 9.17) is 17.2 Å². The molecule has 68 valence electrons. The normalized spacial score (nSPS) is 12.0. The highest BCUT2D eigenvalue weighted by Crippen LogP contribution is 2.07. The van der Waals surface area contributed by atoms with E-state index >= 15 is 0 Å². The maximum atomic E-state index is 5.43. The van der Waals surface area contributed by atoms with E-state index in [1.54, 1.807) is 0 Å². The molecule has 6 N–H and O–H groups in total. The zero-order valence-corrected chi connectivity index (χ0v) is 7.76. The third-order valence-electron chi connectivity index (χ3n) is 1.64. The minimum absolute atomic E-state index is 0.601. The molecule has 0 rings (SSSR count). The molecular formula is C6H19N4S+. The molecule has 0 heterocycles. The fraction of sp³-hybridized carbons (Fsp3) is 1.00. The Morgan fingerprint density at radius 1 is 0.818 bits per heavy atom. The van der Waals surface area contributed by atoms with Crippen molar-refractivity contribution in [1.29, 1.82) is 0 Å². The Balaban J connectivity index is 3.79. The van der Waals surface area contributed by atoms with Gasteiger partial charge in [0.15, 0.2) is 0 Å². The molecule has 0 aromatic rings. The van der Waals surface area contributed by atoms with Gasteiger partial charge in [-0.25, -0.2) is 0 Å². The standard InChI is InChI=1S/C6H19N4S/c7-1-4-10(11,5-2-8)6-3-9/h11H,1-9H2/q+1. The predicted molar refractivity (Wildman–Crippen MR) is 51.0 cm³/mol. The molecule has 0 aromatic carbocycles. The van der Waals surface area contributed by atoms with Crippen LogP contribution in [-0.2, 0) is 0 Å². The Bertz CT molecular complexity index is 81.6. The van der Waals surface area contributed by atoms with Crippen LogP contribution in [0, 0.1) is 0 Å². The van der Waals surface area contributed by atoms with Gasteiger partial charge >= 0.3 is 0 Å². The van der Waals surface area contributed by atoms with Gasteiger partial charge in [0.25, 0.3) is 0 Å². The summed E-state index contributed by atoms with van der Waals surface area (Å²) in [5, 5.41) is 0. The van der Waals surface area contributed by atoms with E-state index in [0.717, 1.165) is 19.6 Å². The Morgan fingerprint density at radius 2 is 1.09 bits per heavy atom. The molecule has 0 saturated heterocycles. The molecule has 5 heteroatoms. The molecule has 0 aliphatic carbocycles. The Morgan fingerprint density at radius 3 is 1.27 bits per heavy atom. The number of nitrogens with zero attached hydrogens (tertiary/aromatic N) is 1. The summed E-state index contributed by atoms with van der Waals surface area (Å²) in [5.41, 5.74) is 16.3. The molecule has 0 fully saturated rings. The zero-order chi connectivity index (χ0) is 8.74. The first-order valence-electron chi connectivity index (χ1n) is 3.87. The highest BCUT2D eigenvalue weighted by Gasteiger charge is 2.19. The molecule has 0 saturated carbocycles. The van der Waals surface area contributed by atoms with Gasteiger partial charge in [0.05, 0.1) is 12.8 Å². The molecule has 0 aromatic heterocycles. The van der Waals surface area contributed by atoms with Crippen molar-refractivity contribution in [3.05, 3.63) is 0 Å². The van der Waals surface area contributed by atoms with Gasteiger partial charge in [-0.15, -0.1) is 0 Å². The first kappa shape index (κ1) is 11.2. The highest BCUT2D eigenvalue weighted by atomic mass is 32.1. The molecule has 0 amide bonds. The molecule has 0 bridgehead atoms. The summed E-state index contributed by atoms with van der Waals surface area (Å²) in [4.78, 5) is 0. The number of thiol groups is 1. The van der Waals surface area contributed by atoms with E-state index in [2.05, 4.69) is 12.8 Å². The second kappa shape index (κ2) is 5.79. The van der Waals surface area contributed by atoms with Crippen LogP contribution in [0.2, 0.25) is 0 Å². The van der Waals surface area contributed by atoms with Crippen molar-refractivity contribution in [2.24, 2.45) is 17.2 Å². The van der Waals surface area contributed by atoms with Crippen LogP contribution in [0.15, 0.2) is 0 Å². The lowest BCUT2D eigenvalue weighted by Gasteiger charge is -2.30. The topological polar surface area (TPSA) is 78.1 Å². The van der Waals surface area contributed by atoms with Crippen molar-refractivity contribution < 1.29 is 3.89 Å². The van der Waals surface area contributed by atoms with E-state index in [9.17, 15) is 0 Å². The predicted octanol–water partition coefficient (Wildman–Crippen LogP) is -1.48. The second-order valence-electron chi connectivity index (χ2n) is 2.63. The molecular weight excluding hydrogens is 160 g/mol. The van der Waals surface area contributed by atoms with Gasteiger partial charge in [-0.2, -0.15) is 0 Å². The van der Waals surface area contributed by atoms with Crippen LogP contribution in [0.5, 0.6) is 0 Å². The van der Waals surface area contributed by atoms with Gasteiger partial charge in [-0.1, -0.05) is 0 Å². The fourth-order valence-corrected chi connectivity index (χ4v) is 1.40.